The molecule has 6 aromatic rings. The number of benzene rings is 6. The molecule has 0 spiro atoms. The number of fused-ring (bicyclic) bond motifs is 6. The Balaban J connectivity index is 1.22. The SMILES string of the molecule is Cc1ccc(S(=O)(=O)O)cc1C1CC(/C=C/C2=[N+](C)c3ccc4ccccc4c3C2(C)C)=C(Sc2ccccc2)C(=C/C=C2/N(C)c3ccc4ccccc4c3C2(C)C)/C1. The summed E-state index contributed by atoms with van der Waals surface area (Å²) in [4.78, 5) is 4.62. The van der Waals surface area contributed by atoms with Crippen LogP contribution in [-0.4, -0.2) is 37.4 Å². The zero-order valence-electron chi connectivity index (χ0n) is 35.3. The zero-order chi connectivity index (χ0) is 42.1. The van der Waals surface area contributed by atoms with Crippen molar-refractivity contribution in [2.45, 2.75) is 74.0 Å². The number of aryl methyl sites for hydroxylation is 1. The molecule has 3 aliphatic rings. The molecule has 2 aliphatic heterocycles. The first kappa shape index (κ1) is 40.0. The number of likely N-dealkylation sites (N-methyl/N-ethyl adjacent to an activating group) is 1. The summed E-state index contributed by atoms with van der Waals surface area (Å²) >= 11 is 1.79. The van der Waals surface area contributed by atoms with Crippen LogP contribution < -0.4 is 4.90 Å². The van der Waals surface area contributed by atoms with E-state index in [-0.39, 0.29) is 21.6 Å². The second-order valence-corrected chi connectivity index (χ2v) is 20.1. The number of anilines is 1. The van der Waals surface area contributed by atoms with Crippen molar-refractivity contribution in [2.75, 3.05) is 19.0 Å². The first-order valence-corrected chi connectivity index (χ1v) is 22.9. The monoisotopic (exact) mass is 827 g/mol. The fraction of sp³-hybridized carbons (Fsp3) is 0.226. The van der Waals surface area contributed by atoms with Crippen molar-refractivity contribution in [2.24, 2.45) is 0 Å². The molecule has 1 unspecified atom stereocenters. The molecule has 0 amide bonds. The van der Waals surface area contributed by atoms with Crippen LogP contribution in [0.4, 0.5) is 11.4 Å². The van der Waals surface area contributed by atoms with Gasteiger partial charge in [-0.05, 0) is 131 Å². The average molecular weight is 828 g/mol. The Morgan fingerprint density at radius 1 is 0.750 bits per heavy atom. The minimum absolute atomic E-state index is 0.0351. The summed E-state index contributed by atoms with van der Waals surface area (Å²) in [5.41, 5.74) is 11.3. The third kappa shape index (κ3) is 6.77. The Morgan fingerprint density at radius 3 is 2.10 bits per heavy atom. The molecule has 0 fully saturated rings. The molecule has 0 bridgehead atoms. The minimum Gasteiger partial charge on any atom is -0.347 e. The van der Waals surface area contributed by atoms with Crippen molar-refractivity contribution >= 4 is 60.5 Å². The van der Waals surface area contributed by atoms with Crippen LogP contribution in [0.1, 0.15) is 68.7 Å². The van der Waals surface area contributed by atoms with Crippen molar-refractivity contribution in [3.05, 3.63) is 190 Å². The molecule has 0 saturated carbocycles. The van der Waals surface area contributed by atoms with E-state index in [1.165, 1.54) is 77.6 Å². The van der Waals surface area contributed by atoms with Gasteiger partial charge in [-0.15, -0.1) is 0 Å². The van der Waals surface area contributed by atoms with E-state index in [1.54, 1.807) is 17.8 Å². The Kier molecular flexibility index (Phi) is 9.93. The van der Waals surface area contributed by atoms with E-state index >= 15 is 0 Å². The smallest absolute Gasteiger partial charge is 0.294 e. The predicted molar refractivity (Wildman–Crippen MR) is 251 cm³/mol. The van der Waals surface area contributed by atoms with Gasteiger partial charge in [-0.1, -0.05) is 117 Å². The van der Waals surface area contributed by atoms with Crippen LogP contribution in [0.2, 0.25) is 0 Å². The molecule has 0 aromatic heterocycles. The van der Waals surface area contributed by atoms with Gasteiger partial charge in [-0.3, -0.25) is 4.55 Å². The second kappa shape index (κ2) is 14.9. The molecule has 2 heterocycles. The summed E-state index contributed by atoms with van der Waals surface area (Å²) in [5, 5.41) is 5.02. The predicted octanol–water partition coefficient (Wildman–Crippen LogP) is 13.0. The van der Waals surface area contributed by atoms with E-state index < -0.39 is 10.1 Å². The van der Waals surface area contributed by atoms with Gasteiger partial charge in [-0.25, -0.2) is 0 Å². The molecule has 5 nitrogen and oxygen atoms in total. The number of hydrogen-bond acceptors (Lipinski definition) is 4. The highest BCUT2D eigenvalue weighted by Crippen LogP contribution is 2.52. The van der Waals surface area contributed by atoms with Gasteiger partial charge in [0.2, 0.25) is 5.69 Å². The fourth-order valence-electron chi connectivity index (χ4n) is 10.2. The molecular weight excluding hydrogens is 777 g/mol. The first-order valence-electron chi connectivity index (χ1n) is 20.7. The largest absolute Gasteiger partial charge is 0.347 e. The molecule has 0 radical (unpaired) electrons. The highest BCUT2D eigenvalue weighted by molar-refractivity contribution is 8.03. The Morgan fingerprint density at radius 2 is 1.40 bits per heavy atom. The van der Waals surface area contributed by atoms with E-state index in [2.05, 4.69) is 179 Å². The van der Waals surface area contributed by atoms with Gasteiger partial charge >= 0.3 is 0 Å². The summed E-state index contributed by atoms with van der Waals surface area (Å²) in [6, 6.07) is 41.8. The Hall–Kier alpha value is -5.47. The maximum Gasteiger partial charge on any atom is 0.294 e. The van der Waals surface area contributed by atoms with Crippen LogP contribution in [0.15, 0.2) is 177 Å². The second-order valence-electron chi connectivity index (χ2n) is 17.6. The highest BCUT2D eigenvalue weighted by Gasteiger charge is 2.44. The topological polar surface area (TPSA) is 60.6 Å². The molecule has 1 aliphatic carbocycles. The third-order valence-corrected chi connectivity index (χ3v) is 15.2. The van der Waals surface area contributed by atoms with Crippen molar-refractivity contribution in [1.29, 1.82) is 0 Å². The van der Waals surface area contributed by atoms with Gasteiger partial charge in [-0.2, -0.15) is 13.0 Å². The van der Waals surface area contributed by atoms with E-state index in [0.717, 1.165) is 16.0 Å². The van der Waals surface area contributed by atoms with Gasteiger partial charge in [0.05, 0.1) is 10.3 Å². The maximum absolute atomic E-state index is 12.5. The van der Waals surface area contributed by atoms with Gasteiger partial charge in [0.15, 0.2) is 5.71 Å². The molecule has 1 atom stereocenters. The van der Waals surface area contributed by atoms with Crippen LogP contribution in [0.5, 0.6) is 0 Å². The summed E-state index contributed by atoms with van der Waals surface area (Å²) in [7, 11) is -0.0542. The van der Waals surface area contributed by atoms with Crippen LogP contribution in [0, 0.1) is 6.92 Å². The highest BCUT2D eigenvalue weighted by atomic mass is 32.2. The van der Waals surface area contributed by atoms with Crippen molar-refractivity contribution in [1.82, 2.24) is 0 Å². The first-order chi connectivity index (χ1) is 28.6. The Labute approximate surface area is 358 Å². The average Bonchev–Trinajstić information content (AvgIpc) is 3.56. The van der Waals surface area contributed by atoms with E-state index in [4.69, 9.17) is 0 Å². The van der Waals surface area contributed by atoms with E-state index in [9.17, 15) is 13.0 Å². The standard InChI is InChI=1S/C53H50N2O3S2/c1-34-21-26-41(60(56,57)58)33-44(34)39-31-37(24-29-47-52(2,3)49-42-19-13-11-15-35(42)22-27-45(49)54(47)6)51(59-40-17-9-8-10-18-40)38(32-39)25-30-48-53(4,5)50-43-20-14-12-16-36(43)23-28-46(50)55(48)7/h8-30,33,39H,31-32H2,1-7H3/p+1. The van der Waals surface area contributed by atoms with Gasteiger partial charge in [0.1, 0.15) is 7.05 Å². The van der Waals surface area contributed by atoms with E-state index in [1.807, 2.05) is 13.0 Å². The molecule has 6 aromatic carbocycles. The summed E-state index contributed by atoms with van der Waals surface area (Å²) in [5.74, 6) is -0.0351. The number of thioether (sulfide) groups is 1. The van der Waals surface area contributed by atoms with Crippen LogP contribution >= 0.6 is 11.8 Å². The number of allylic oxidation sites excluding steroid dienone is 7. The van der Waals surface area contributed by atoms with Gasteiger partial charge in [0.25, 0.3) is 10.1 Å². The minimum atomic E-state index is -4.39. The number of hydrogen-bond donors (Lipinski definition) is 1. The van der Waals surface area contributed by atoms with Crippen molar-refractivity contribution < 1.29 is 17.5 Å². The Bertz CT molecular complexity index is 3020. The number of rotatable bonds is 7. The molecule has 1 N–H and O–H groups in total. The zero-order valence-corrected chi connectivity index (χ0v) is 37.0. The molecule has 9 rings (SSSR count). The summed E-state index contributed by atoms with van der Waals surface area (Å²) in [6.07, 6.45) is 10.7. The summed E-state index contributed by atoms with van der Waals surface area (Å²) in [6.45, 7) is 11.3. The maximum atomic E-state index is 12.5. The van der Waals surface area contributed by atoms with Crippen molar-refractivity contribution in [3.8, 4) is 0 Å². The molecule has 60 heavy (non-hydrogen) atoms. The molecular formula is C53H51N2O3S2+. The van der Waals surface area contributed by atoms with Crippen LogP contribution in [-0.2, 0) is 20.9 Å². The molecule has 0 saturated heterocycles. The van der Waals surface area contributed by atoms with Crippen LogP contribution in [0.25, 0.3) is 21.5 Å². The third-order valence-electron chi connectivity index (χ3n) is 13.1. The summed E-state index contributed by atoms with van der Waals surface area (Å²) < 4.78 is 37.5. The van der Waals surface area contributed by atoms with Crippen LogP contribution in [0.3, 0.4) is 0 Å². The fourth-order valence-corrected chi connectivity index (χ4v) is 11.8. The lowest BCUT2D eigenvalue weighted by Gasteiger charge is -2.30. The normalized spacial score (nSPS) is 20.0. The lowest BCUT2D eigenvalue weighted by molar-refractivity contribution is -0.401. The lowest BCUT2D eigenvalue weighted by atomic mass is 9.77. The van der Waals surface area contributed by atoms with Gasteiger partial charge < -0.3 is 4.90 Å². The van der Waals surface area contributed by atoms with Crippen molar-refractivity contribution in [3.63, 3.8) is 0 Å². The lowest BCUT2D eigenvalue weighted by Crippen LogP contribution is -2.27. The molecule has 7 heteroatoms. The van der Waals surface area contributed by atoms with E-state index in [0.29, 0.717) is 12.8 Å². The quantitative estimate of drug-likeness (QED) is 0.128. The van der Waals surface area contributed by atoms with Gasteiger partial charge in [0, 0.05) is 51.4 Å². The number of nitrogens with zero attached hydrogens (tertiary/aromatic N) is 2. The molecule has 302 valence electrons.